The Bertz CT molecular complexity index is 343. The van der Waals surface area contributed by atoms with E-state index < -0.39 is 0 Å². The minimum absolute atomic E-state index is 0.0704. The van der Waals surface area contributed by atoms with Gasteiger partial charge < -0.3 is 9.88 Å². The lowest BCUT2D eigenvalue weighted by molar-refractivity contribution is 0.358. The summed E-state index contributed by atoms with van der Waals surface area (Å²) in [4.78, 5) is 11.5. The minimum Gasteiger partial charge on any atom is -0.314 e. The lowest BCUT2D eigenvalue weighted by atomic mass is 10.0. The Morgan fingerprint density at radius 2 is 2.13 bits per heavy atom. The van der Waals surface area contributed by atoms with E-state index in [0.29, 0.717) is 12.0 Å². The summed E-state index contributed by atoms with van der Waals surface area (Å²) in [5.41, 5.74) is 0.0704. The molecule has 0 amide bonds. The maximum absolute atomic E-state index is 11.5. The average molecular weight is 208 g/mol. The first-order chi connectivity index (χ1) is 7.15. The molecule has 1 atom stereocenters. The third kappa shape index (κ3) is 3.51. The molecule has 0 aliphatic rings. The molecule has 3 heteroatoms. The van der Waals surface area contributed by atoms with Crippen molar-refractivity contribution in [2.75, 3.05) is 6.54 Å². The van der Waals surface area contributed by atoms with Gasteiger partial charge >= 0.3 is 0 Å². The predicted molar refractivity (Wildman–Crippen MR) is 63.0 cm³/mol. The van der Waals surface area contributed by atoms with Crippen molar-refractivity contribution in [2.45, 2.75) is 33.4 Å². The Morgan fingerprint density at radius 3 is 2.67 bits per heavy atom. The van der Waals surface area contributed by atoms with E-state index in [1.165, 1.54) is 0 Å². The lowest BCUT2D eigenvalue weighted by Crippen LogP contribution is -2.39. The van der Waals surface area contributed by atoms with E-state index in [0.717, 1.165) is 13.1 Å². The Hall–Kier alpha value is -1.09. The molecular weight excluding hydrogens is 188 g/mol. The molecule has 1 N–H and O–H groups in total. The molecule has 0 fully saturated rings. The highest BCUT2D eigenvalue weighted by Gasteiger charge is 2.12. The van der Waals surface area contributed by atoms with Crippen LogP contribution in [0.4, 0.5) is 0 Å². The number of nitrogens with zero attached hydrogens (tertiary/aromatic N) is 1. The standard InChI is InChI=1S/C12H20N2O/c1-4-13-11(10(2)3)9-14-8-6-5-7-12(14)15/h5-8,10-11,13H,4,9H2,1-3H3. The van der Waals surface area contributed by atoms with Crippen LogP contribution in [0.1, 0.15) is 20.8 Å². The van der Waals surface area contributed by atoms with E-state index in [-0.39, 0.29) is 5.56 Å². The Balaban J connectivity index is 2.74. The maximum atomic E-state index is 11.5. The van der Waals surface area contributed by atoms with Gasteiger partial charge in [-0.2, -0.15) is 0 Å². The van der Waals surface area contributed by atoms with Gasteiger partial charge in [0.15, 0.2) is 0 Å². The molecule has 0 saturated carbocycles. The van der Waals surface area contributed by atoms with E-state index in [9.17, 15) is 4.79 Å². The van der Waals surface area contributed by atoms with Gasteiger partial charge in [0.2, 0.25) is 0 Å². The molecule has 3 nitrogen and oxygen atoms in total. The molecular formula is C12H20N2O. The molecule has 0 bridgehead atoms. The molecule has 0 radical (unpaired) electrons. The molecule has 1 unspecified atom stereocenters. The Kier molecular flexibility index (Phi) is 4.56. The van der Waals surface area contributed by atoms with Crippen LogP contribution < -0.4 is 10.9 Å². The van der Waals surface area contributed by atoms with Crippen LogP contribution >= 0.6 is 0 Å². The highest BCUT2D eigenvalue weighted by molar-refractivity contribution is 4.94. The molecule has 0 aromatic carbocycles. The summed E-state index contributed by atoms with van der Waals surface area (Å²) >= 11 is 0. The summed E-state index contributed by atoms with van der Waals surface area (Å²) in [6, 6.07) is 5.62. The fraction of sp³-hybridized carbons (Fsp3) is 0.583. The van der Waals surface area contributed by atoms with E-state index in [4.69, 9.17) is 0 Å². The maximum Gasteiger partial charge on any atom is 0.250 e. The largest absolute Gasteiger partial charge is 0.314 e. The van der Waals surface area contributed by atoms with Gasteiger partial charge in [-0.25, -0.2) is 0 Å². The number of aromatic nitrogens is 1. The molecule has 1 aromatic rings. The monoisotopic (exact) mass is 208 g/mol. The van der Waals surface area contributed by atoms with Gasteiger partial charge in [0.25, 0.3) is 5.56 Å². The number of rotatable bonds is 5. The van der Waals surface area contributed by atoms with Gasteiger partial charge in [-0.15, -0.1) is 0 Å². The molecule has 15 heavy (non-hydrogen) atoms. The van der Waals surface area contributed by atoms with Crippen molar-refractivity contribution < 1.29 is 0 Å². The third-order valence-electron chi connectivity index (χ3n) is 2.56. The highest BCUT2D eigenvalue weighted by atomic mass is 16.1. The summed E-state index contributed by atoms with van der Waals surface area (Å²) in [7, 11) is 0. The number of hydrogen-bond acceptors (Lipinski definition) is 2. The van der Waals surface area contributed by atoms with E-state index in [1.54, 1.807) is 16.7 Å². The minimum atomic E-state index is 0.0704. The molecule has 1 rings (SSSR count). The van der Waals surface area contributed by atoms with Crippen molar-refractivity contribution in [3.05, 3.63) is 34.7 Å². The highest BCUT2D eigenvalue weighted by Crippen LogP contribution is 2.03. The normalized spacial score (nSPS) is 13.1. The van der Waals surface area contributed by atoms with E-state index in [1.807, 2.05) is 12.3 Å². The van der Waals surface area contributed by atoms with E-state index in [2.05, 4.69) is 26.1 Å². The van der Waals surface area contributed by atoms with E-state index >= 15 is 0 Å². The summed E-state index contributed by atoms with van der Waals surface area (Å²) in [6.45, 7) is 8.10. The second kappa shape index (κ2) is 5.71. The van der Waals surface area contributed by atoms with Crippen LogP contribution in [0.5, 0.6) is 0 Å². The summed E-state index contributed by atoms with van der Waals surface area (Å²) < 4.78 is 1.76. The Morgan fingerprint density at radius 1 is 1.40 bits per heavy atom. The molecule has 1 heterocycles. The second-order valence-corrected chi connectivity index (χ2v) is 4.10. The van der Waals surface area contributed by atoms with Crippen molar-refractivity contribution in [3.63, 3.8) is 0 Å². The Labute approximate surface area is 91.1 Å². The number of hydrogen-bond donors (Lipinski definition) is 1. The fourth-order valence-electron chi connectivity index (χ4n) is 1.60. The lowest BCUT2D eigenvalue weighted by Gasteiger charge is -2.22. The molecule has 1 aromatic heterocycles. The van der Waals surface area contributed by atoms with Gasteiger partial charge in [-0.1, -0.05) is 26.8 Å². The topological polar surface area (TPSA) is 34.0 Å². The molecule has 0 aliphatic carbocycles. The van der Waals surface area contributed by atoms with Crippen molar-refractivity contribution in [1.82, 2.24) is 9.88 Å². The summed E-state index contributed by atoms with van der Waals surface area (Å²) in [5, 5.41) is 3.40. The van der Waals surface area contributed by atoms with Crippen molar-refractivity contribution in [1.29, 1.82) is 0 Å². The van der Waals surface area contributed by atoms with Gasteiger partial charge in [-0.05, 0) is 18.5 Å². The van der Waals surface area contributed by atoms with Crippen LogP contribution in [-0.2, 0) is 6.54 Å². The first-order valence-electron chi connectivity index (χ1n) is 5.54. The van der Waals surface area contributed by atoms with Crippen molar-refractivity contribution >= 4 is 0 Å². The number of likely N-dealkylation sites (N-methyl/N-ethyl adjacent to an activating group) is 1. The van der Waals surface area contributed by atoms with Crippen LogP contribution in [0.25, 0.3) is 0 Å². The van der Waals surface area contributed by atoms with Crippen LogP contribution in [0.3, 0.4) is 0 Å². The first-order valence-corrected chi connectivity index (χ1v) is 5.54. The molecule has 84 valence electrons. The zero-order valence-electron chi connectivity index (χ0n) is 9.73. The molecule has 0 aliphatic heterocycles. The second-order valence-electron chi connectivity index (χ2n) is 4.10. The van der Waals surface area contributed by atoms with Crippen LogP contribution in [-0.4, -0.2) is 17.2 Å². The van der Waals surface area contributed by atoms with Crippen LogP contribution in [0.2, 0.25) is 0 Å². The van der Waals surface area contributed by atoms with Crippen molar-refractivity contribution in [3.8, 4) is 0 Å². The SMILES string of the molecule is CCNC(Cn1ccccc1=O)C(C)C. The average Bonchev–Trinajstić information content (AvgIpc) is 2.20. The predicted octanol–water partition coefficient (Wildman–Crippen LogP) is 1.48. The number of nitrogens with one attached hydrogen (secondary N) is 1. The summed E-state index contributed by atoms with van der Waals surface area (Å²) in [5.74, 6) is 0.525. The zero-order valence-corrected chi connectivity index (χ0v) is 9.73. The zero-order chi connectivity index (χ0) is 11.3. The molecule has 0 saturated heterocycles. The quantitative estimate of drug-likeness (QED) is 0.795. The first kappa shape index (κ1) is 12.0. The number of pyridine rings is 1. The van der Waals surface area contributed by atoms with Gasteiger partial charge in [0.05, 0.1) is 0 Å². The third-order valence-corrected chi connectivity index (χ3v) is 2.56. The van der Waals surface area contributed by atoms with Crippen molar-refractivity contribution in [2.24, 2.45) is 5.92 Å². The van der Waals surface area contributed by atoms with Gasteiger partial charge in [0, 0.05) is 24.8 Å². The van der Waals surface area contributed by atoms with Crippen LogP contribution in [0, 0.1) is 5.92 Å². The smallest absolute Gasteiger partial charge is 0.250 e. The van der Waals surface area contributed by atoms with Gasteiger partial charge in [0.1, 0.15) is 0 Å². The summed E-state index contributed by atoms with van der Waals surface area (Å²) in [6.07, 6.45) is 1.84. The van der Waals surface area contributed by atoms with Gasteiger partial charge in [-0.3, -0.25) is 4.79 Å². The van der Waals surface area contributed by atoms with Crippen LogP contribution in [0.15, 0.2) is 29.2 Å². The molecule has 0 spiro atoms. The fourth-order valence-corrected chi connectivity index (χ4v) is 1.60.